The lowest BCUT2D eigenvalue weighted by atomic mass is 10.0. The van der Waals surface area contributed by atoms with E-state index in [2.05, 4.69) is 10.3 Å². The number of H-pyrrole nitrogens is 1. The van der Waals surface area contributed by atoms with E-state index in [1.54, 1.807) is 35.2 Å². The molecule has 1 aliphatic heterocycles. The number of halogens is 1. The van der Waals surface area contributed by atoms with Crippen LogP contribution in [0, 0.1) is 10.1 Å². The fourth-order valence-corrected chi connectivity index (χ4v) is 5.28. The number of nitro groups is 1. The van der Waals surface area contributed by atoms with Crippen molar-refractivity contribution in [1.82, 2.24) is 4.98 Å². The lowest BCUT2D eigenvalue weighted by Gasteiger charge is -2.18. The van der Waals surface area contributed by atoms with Gasteiger partial charge in [0.1, 0.15) is 5.69 Å². The molecule has 11 heteroatoms. The molecule has 3 aromatic carbocycles. The number of hydrogen-bond acceptors (Lipinski definition) is 7. The summed E-state index contributed by atoms with van der Waals surface area (Å²) in [6.45, 7) is 0.679. The molecule has 0 saturated carbocycles. The average molecular weight is 551 g/mol. The number of carbonyl (C=O) groups excluding carboxylic acids is 1. The summed E-state index contributed by atoms with van der Waals surface area (Å²) in [7, 11) is 4.59. The summed E-state index contributed by atoms with van der Waals surface area (Å²) in [5.41, 5.74) is 4.03. The van der Waals surface area contributed by atoms with Crippen LogP contribution in [0.15, 0.2) is 54.6 Å². The number of nitro benzene ring substituents is 1. The number of benzene rings is 3. The molecule has 4 aromatic rings. The third kappa shape index (κ3) is 4.67. The van der Waals surface area contributed by atoms with E-state index in [9.17, 15) is 14.9 Å². The molecule has 5 rings (SSSR count). The number of alkyl halides is 1. The van der Waals surface area contributed by atoms with Gasteiger partial charge in [-0.2, -0.15) is 0 Å². The lowest BCUT2D eigenvalue weighted by Crippen LogP contribution is -2.30. The largest absolute Gasteiger partial charge is 0.493 e. The number of rotatable bonds is 9. The van der Waals surface area contributed by atoms with Gasteiger partial charge in [0.15, 0.2) is 11.5 Å². The van der Waals surface area contributed by atoms with Gasteiger partial charge in [0.2, 0.25) is 5.75 Å². The summed E-state index contributed by atoms with van der Waals surface area (Å²) in [4.78, 5) is 29.7. The molecule has 1 aromatic heterocycles. The molecule has 202 valence electrons. The van der Waals surface area contributed by atoms with Crippen LogP contribution in [0.5, 0.6) is 17.2 Å². The maximum atomic E-state index is 13.8. The monoisotopic (exact) mass is 550 g/mol. The Labute approximate surface area is 229 Å². The molecule has 1 atom stereocenters. The first kappa shape index (κ1) is 26.2. The van der Waals surface area contributed by atoms with E-state index >= 15 is 0 Å². The van der Waals surface area contributed by atoms with Gasteiger partial charge < -0.3 is 29.4 Å². The maximum absolute atomic E-state index is 13.8. The van der Waals surface area contributed by atoms with Crippen LogP contribution in [0.3, 0.4) is 0 Å². The van der Waals surface area contributed by atoms with Crippen molar-refractivity contribution in [3.8, 4) is 17.2 Å². The third-order valence-electron chi connectivity index (χ3n) is 6.92. The molecule has 1 unspecified atom stereocenters. The Morgan fingerprint density at radius 3 is 2.56 bits per heavy atom. The van der Waals surface area contributed by atoms with E-state index < -0.39 is 4.92 Å². The van der Waals surface area contributed by atoms with Crippen LogP contribution in [0.2, 0.25) is 0 Å². The van der Waals surface area contributed by atoms with E-state index in [4.69, 9.17) is 25.8 Å². The highest BCUT2D eigenvalue weighted by Gasteiger charge is 2.34. The molecule has 0 spiro atoms. The van der Waals surface area contributed by atoms with Crippen molar-refractivity contribution in [3.05, 3.63) is 81.5 Å². The summed E-state index contributed by atoms with van der Waals surface area (Å²) in [6, 6.07) is 15.9. The fraction of sp³-hybridized carbons (Fsp3) is 0.250. The van der Waals surface area contributed by atoms with Crippen molar-refractivity contribution in [2.24, 2.45) is 0 Å². The number of amides is 1. The van der Waals surface area contributed by atoms with Crippen molar-refractivity contribution >= 4 is 45.5 Å². The predicted octanol–water partition coefficient (Wildman–Crippen LogP) is 5.70. The van der Waals surface area contributed by atoms with Crippen LogP contribution in [-0.4, -0.2) is 49.6 Å². The van der Waals surface area contributed by atoms with Crippen molar-refractivity contribution in [2.45, 2.75) is 12.5 Å². The minimum Gasteiger partial charge on any atom is -0.493 e. The molecular weight excluding hydrogens is 524 g/mol. The Bertz CT molecular complexity index is 1570. The molecule has 2 heterocycles. The second-order valence-electron chi connectivity index (χ2n) is 9.07. The zero-order chi connectivity index (χ0) is 27.7. The highest BCUT2D eigenvalue weighted by Crippen LogP contribution is 2.44. The zero-order valence-electron chi connectivity index (χ0n) is 21.6. The van der Waals surface area contributed by atoms with Crippen LogP contribution in [0.1, 0.15) is 27.5 Å². The lowest BCUT2D eigenvalue weighted by molar-refractivity contribution is -0.385. The second-order valence-corrected chi connectivity index (χ2v) is 9.38. The van der Waals surface area contributed by atoms with Gasteiger partial charge in [-0.15, -0.1) is 11.6 Å². The van der Waals surface area contributed by atoms with Crippen LogP contribution >= 0.6 is 11.6 Å². The normalized spacial score (nSPS) is 14.3. The minimum absolute atomic E-state index is 0.0334. The van der Waals surface area contributed by atoms with Gasteiger partial charge in [-0.3, -0.25) is 14.9 Å². The number of aromatic amines is 1. The van der Waals surface area contributed by atoms with Gasteiger partial charge in [-0.05, 0) is 29.8 Å². The van der Waals surface area contributed by atoms with Crippen LogP contribution in [-0.2, 0) is 6.54 Å². The molecular formula is C28H27ClN4O6. The van der Waals surface area contributed by atoms with Crippen molar-refractivity contribution in [3.63, 3.8) is 0 Å². The summed E-state index contributed by atoms with van der Waals surface area (Å²) in [5, 5.41) is 15.4. The SMILES string of the molecule is COc1cc2cc(C(=O)N3CC(CCl)c4ccc(NCc5ccccc5[N+](=O)[O-])cc43)[nH]c2c(OC)c1OC. The number of aromatic nitrogens is 1. The topological polar surface area (TPSA) is 119 Å². The van der Waals surface area contributed by atoms with Crippen molar-refractivity contribution < 1.29 is 23.9 Å². The van der Waals surface area contributed by atoms with Crippen LogP contribution in [0.4, 0.5) is 17.1 Å². The van der Waals surface area contributed by atoms with E-state index in [0.29, 0.717) is 46.4 Å². The predicted molar refractivity (Wildman–Crippen MR) is 150 cm³/mol. The summed E-state index contributed by atoms with van der Waals surface area (Å²) in [5.74, 6) is 1.45. The number of hydrogen-bond donors (Lipinski definition) is 2. The average Bonchev–Trinajstić information content (AvgIpc) is 3.55. The van der Waals surface area contributed by atoms with Gasteiger partial charge in [0.25, 0.3) is 11.6 Å². The van der Waals surface area contributed by atoms with Gasteiger partial charge in [0.05, 0.1) is 31.8 Å². The Kier molecular flexibility index (Phi) is 7.21. The Balaban J connectivity index is 1.47. The first-order chi connectivity index (χ1) is 18.9. The maximum Gasteiger partial charge on any atom is 0.274 e. The highest BCUT2D eigenvalue weighted by atomic mass is 35.5. The molecule has 0 fully saturated rings. The number of fused-ring (bicyclic) bond motifs is 2. The molecule has 0 saturated heterocycles. The smallest absolute Gasteiger partial charge is 0.274 e. The van der Waals surface area contributed by atoms with E-state index in [0.717, 1.165) is 22.3 Å². The van der Waals surface area contributed by atoms with E-state index in [1.807, 2.05) is 18.2 Å². The Morgan fingerprint density at radius 2 is 1.87 bits per heavy atom. The van der Waals surface area contributed by atoms with Gasteiger partial charge in [0, 0.05) is 53.3 Å². The summed E-state index contributed by atoms with van der Waals surface area (Å²) >= 11 is 6.28. The molecule has 39 heavy (non-hydrogen) atoms. The van der Waals surface area contributed by atoms with Crippen LogP contribution in [0.25, 0.3) is 10.9 Å². The highest BCUT2D eigenvalue weighted by molar-refractivity contribution is 6.19. The second kappa shape index (κ2) is 10.7. The van der Waals surface area contributed by atoms with Gasteiger partial charge in [-0.1, -0.05) is 24.3 Å². The number of carbonyl (C=O) groups is 1. The molecule has 10 nitrogen and oxygen atoms in total. The van der Waals surface area contributed by atoms with E-state index in [-0.39, 0.29) is 24.1 Å². The van der Waals surface area contributed by atoms with Crippen molar-refractivity contribution in [2.75, 3.05) is 44.0 Å². The molecule has 0 radical (unpaired) electrons. The van der Waals surface area contributed by atoms with E-state index in [1.165, 1.54) is 27.4 Å². The summed E-state index contributed by atoms with van der Waals surface area (Å²) < 4.78 is 16.5. The molecule has 0 aliphatic carbocycles. The quantitative estimate of drug-likeness (QED) is 0.156. The fourth-order valence-electron chi connectivity index (χ4n) is 5.01. The summed E-state index contributed by atoms with van der Waals surface area (Å²) in [6.07, 6.45) is 0. The minimum atomic E-state index is -0.397. The number of anilines is 2. The number of ether oxygens (including phenoxy) is 3. The molecule has 1 aliphatic rings. The zero-order valence-corrected chi connectivity index (χ0v) is 22.4. The standard InChI is InChI=1S/C28H27ClN4O6/c1-37-24-11-17-10-21(31-25(17)27(39-3)26(24)38-2)28(34)32-15-18(13-29)20-9-8-19(12-23(20)32)30-14-16-6-4-5-7-22(16)33(35)36/h4-12,18,30-31H,13-15H2,1-3H3. The first-order valence-corrected chi connectivity index (χ1v) is 12.7. The molecule has 2 N–H and O–H groups in total. The van der Waals surface area contributed by atoms with Gasteiger partial charge >= 0.3 is 0 Å². The molecule has 1 amide bonds. The molecule has 0 bridgehead atoms. The first-order valence-electron chi connectivity index (χ1n) is 12.2. The van der Waals surface area contributed by atoms with Crippen LogP contribution < -0.4 is 24.4 Å². The number of methoxy groups -OCH3 is 3. The Morgan fingerprint density at radius 1 is 1.10 bits per heavy atom. The number of para-hydroxylation sites is 1. The van der Waals surface area contributed by atoms with Gasteiger partial charge in [-0.25, -0.2) is 0 Å². The Hall–Kier alpha value is -4.44. The van der Waals surface area contributed by atoms with Crippen molar-refractivity contribution in [1.29, 1.82) is 0 Å². The number of nitrogens with zero attached hydrogens (tertiary/aromatic N) is 2. The number of nitrogens with one attached hydrogen (secondary N) is 2. The third-order valence-corrected chi connectivity index (χ3v) is 7.29.